The van der Waals surface area contributed by atoms with E-state index < -0.39 is 36.1 Å². The maximum absolute atomic E-state index is 15.6. The van der Waals surface area contributed by atoms with Crippen LogP contribution in [0.4, 0.5) is 19.0 Å². The number of aryl methyl sites for hydroxylation is 2. The van der Waals surface area contributed by atoms with Crippen molar-refractivity contribution in [3.8, 4) is 0 Å². The largest absolute Gasteiger partial charge is 0.480 e. The van der Waals surface area contributed by atoms with Gasteiger partial charge in [-0.3, -0.25) is 9.69 Å². The molecule has 218 valence electrons. The van der Waals surface area contributed by atoms with Gasteiger partial charge in [-0.2, -0.15) is 0 Å². The van der Waals surface area contributed by atoms with Gasteiger partial charge >= 0.3 is 5.97 Å². The van der Waals surface area contributed by atoms with Crippen molar-refractivity contribution >= 4 is 11.8 Å². The Morgan fingerprint density at radius 3 is 2.88 bits per heavy atom. The number of carbonyl (C=O) groups is 1. The quantitative estimate of drug-likeness (QED) is 0.321. The fraction of sp³-hybridized carbons (Fsp3) is 0.600. The van der Waals surface area contributed by atoms with Crippen molar-refractivity contribution in [3.63, 3.8) is 0 Å². The summed E-state index contributed by atoms with van der Waals surface area (Å²) < 4.78 is 56.7. The average molecular weight is 562 g/mol. The van der Waals surface area contributed by atoms with Crippen molar-refractivity contribution in [1.29, 1.82) is 0 Å². The summed E-state index contributed by atoms with van der Waals surface area (Å²) in [5.41, 5.74) is 2.68. The van der Waals surface area contributed by atoms with Crippen molar-refractivity contribution in [3.05, 3.63) is 58.5 Å². The van der Waals surface area contributed by atoms with Gasteiger partial charge in [-0.1, -0.05) is 19.1 Å². The number of fused-ring (bicyclic) bond motifs is 1. The third-order valence-corrected chi connectivity index (χ3v) is 8.29. The Labute approximate surface area is 233 Å². The van der Waals surface area contributed by atoms with Gasteiger partial charge in [-0.25, -0.2) is 18.2 Å². The molecule has 4 heterocycles. The number of halogens is 3. The van der Waals surface area contributed by atoms with Crippen LogP contribution in [0.2, 0.25) is 0 Å². The minimum atomic E-state index is -3.09. The van der Waals surface area contributed by atoms with Crippen LogP contribution in [0.5, 0.6) is 0 Å². The number of hydrogen-bond donors (Lipinski definition) is 2. The number of likely N-dealkylation sites (tertiary alicyclic amines) is 1. The van der Waals surface area contributed by atoms with Crippen molar-refractivity contribution < 1.29 is 32.5 Å². The van der Waals surface area contributed by atoms with E-state index in [-0.39, 0.29) is 37.5 Å². The van der Waals surface area contributed by atoms with Gasteiger partial charge in [0.1, 0.15) is 17.7 Å². The lowest BCUT2D eigenvalue weighted by Crippen LogP contribution is -2.47. The molecule has 10 heteroatoms. The summed E-state index contributed by atoms with van der Waals surface area (Å²) in [4.78, 5) is 18.5. The molecule has 0 aliphatic carbocycles. The van der Waals surface area contributed by atoms with E-state index in [4.69, 9.17) is 9.47 Å². The van der Waals surface area contributed by atoms with Gasteiger partial charge in [0.2, 0.25) is 0 Å². The number of aliphatic carboxylic acids is 1. The lowest BCUT2D eigenvalue weighted by molar-refractivity contribution is -0.258. The highest BCUT2D eigenvalue weighted by atomic mass is 19.3. The van der Waals surface area contributed by atoms with Gasteiger partial charge in [-0.05, 0) is 86.4 Å². The number of nitrogens with one attached hydrogen (secondary N) is 1. The standard InChI is InChI=1S/C30H38F3N3O4/c1-19-17-39-29(19)40-18-21-9-11-22(31)16-24(21)26(28(37)38)36-15-5-8-25(36)30(32,33)13-3-2-7-23-12-10-20-6-4-14-34-27(20)35-23/h9-12,16,19,25-26,29H,2-8,13-15,17-18H2,1H3,(H,34,35)(H,37,38)/t19?,25-,26?,29?/m1/s1. The smallest absolute Gasteiger partial charge is 0.325 e. The second-order valence-electron chi connectivity index (χ2n) is 11.3. The predicted octanol–water partition coefficient (Wildman–Crippen LogP) is 5.73. The zero-order chi connectivity index (χ0) is 28.3. The number of pyridine rings is 1. The van der Waals surface area contributed by atoms with Crippen LogP contribution in [-0.2, 0) is 33.7 Å². The summed E-state index contributed by atoms with van der Waals surface area (Å²) in [5.74, 6) is -3.90. The summed E-state index contributed by atoms with van der Waals surface area (Å²) in [6.45, 7) is 3.64. The second kappa shape index (κ2) is 12.4. The minimum absolute atomic E-state index is 0.00947. The molecule has 7 nitrogen and oxygen atoms in total. The molecule has 0 radical (unpaired) electrons. The molecule has 1 aromatic heterocycles. The first-order valence-electron chi connectivity index (χ1n) is 14.3. The first-order chi connectivity index (χ1) is 19.2. The Bertz CT molecular complexity index is 1200. The molecule has 40 heavy (non-hydrogen) atoms. The maximum atomic E-state index is 15.6. The molecule has 4 atom stereocenters. The van der Waals surface area contributed by atoms with E-state index in [1.807, 2.05) is 13.0 Å². The van der Waals surface area contributed by atoms with Gasteiger partial charge in [-0.15, -0.1) is 0 Å². The Kier molecular flexibility index (Phi) is 8.97. The maximum Gasteiger partial charge on any atom is 0.325 e. The number of rotatable bonds is 12. The summed E-state index contributed by atoms with van der Waals surface area (Å²) in [6.07, 6.45) is 3.39. The highest BCUT2D eigenvalue weighted by molar-refractivity contribution is 5.76. The number of unbranched alkanes of at least 4 members (excludes halogenated alkanes) is 1. The Balaban J connectivity index is 1.24. The van der Waals surface area contributed by atoms with Gasteiger partial charge in [0.05, 0.1) is 19.3 Å². The third-order valence-electron chi connectivity index (χ3n) is 8.29. The van der Waals surface area contributed by atoms with E-state index in [1.54, 1.807) is 0 Å². The number of carboxylic acid groups (broad SMARTS) is 1. The van der Waals surface area contributed by atoms with Crippen LogP contribution in [0.15, 0.2) is 30.3 Å². The van der Waals surface area contributed by atoms with Crippen LogP contribution in [0.25, 0.3) is 0 Å². The molecule has 3 unspecified atom stereocenters. The molecule has 0 bridgehead atoms. The molecule has 5 rings (SSSR count). The predicted molar refractivity (Wildman–Crippen MR) is 144 cm³/mol. The highest BCUT2D eigenvalue weighted by Crippen LogP contribution is 2.41. The van der Waals surface area contributed by atoms with Crippen LogP contribution in [0.3, 0.4) is 0 Å². The molecule has 2 saturated heterocycles. The van der Waals surface area contributed by atoms with Crippen LogP contribution in [0.1, 0.15) is 73.9 Å². The molecule has 0 spiro atoms. The van der Waals surface area contributed by atoms with Crippen molar-refractivity contribution in [2.45, 2.75) is 89.2 Å². The zero-order valence-corrected chi connectivity index (χ0v) is 22.9. The molecule has 3 aliphatic heterocycles. The van der Waals surface area contributed by atoms with E-state index in [9.17, 15) is 14.3 Å². The monoisotopic (exact) mass is 561 g/mol. The fourth-order valence-corrected chi connectivity index (χ4v) is 6.05. The molecule has 1 aromatic carbocycles. The van der Waals surface area contributed by atoms with Gasteiger partial charge in [0.15, 0.2) is 6.29 Å². The molecular formula is C30H38F3N3O4. The number of aromatic nitrogens is 1. The van der Waals surface area contributed by atoms with Crippen molar-refractivity contribution in [2.75, 3.05) is 25.0 Å². The first-order valence-corrected chi connectivity index (χ1v) is 14.3. The Hall–Kier alpha value is -2.69. The van der Waals surface area contributed by atoms with Crippen molar-refractivity contribution in [1.82, 2.24) is 9.88 Å². The number of nitrogens with zero attached hydrogens (tertiary/aromatic N) is 2. The summed E-state index contributed by atoms with van der Waals surface area (Å²) >= 11 is 0. The fourth-order valence-electron chi connectivity index (χ4n) is 6.05. The summed E-state index contributed by atoms with van der Waals surface area (Å²) in [7, 11) is 0. The Morgan fingerprint density at radius 2 is 2.12 bits per heavy atom. The van der Waals surface area contributed by atoms with Crippen LogP contribution in [0, 0.1) is 11.7 Å². The van der Waals surface area contributed by atoms with E-state index in [1.165, 1.54) is 22.6 Å². The highest BCUT2D eigenvalue weighted by Gasteiger charge is 2.49. The first kappa shape index (κ1) is 28.8. The van der Waals surface area contributed by atoms with Gasteiger partial charge in [0.25, 0.3) is 5.92 Å². The van der Waals surface area contributed by atoms with E-state index in [0.29, 0.717) is 37.9 Å². The molecule has 2 N–H and O–H groups in total. The van der Waals surface area contributed by atoms with Gasteiger partial charge in [0, 0.05) is 24.6 Å². The van der Waals surface area contributed by atoms with Gasteiger partial charge < -0.3 is 19.9 Å². The Morgan fingerprint density at radius 1 is 1.27 bits per heavy atom. The lowest BCUT2D eigenvalue weighted by Gasteiger charge is -2.36. The zero-order valence-electron chi connectivity index (χ0n) is 22.9. The molecule has 2 fully saturated rings. The third kappa shape index (κ3) is 6.44. The molecule has 2 aromatic rings. The molecule has 3 aliphatic rings. The number of ether oxygens (including phenoxy) is 2. The van der Waals surface area contributed by atoms with Crippen LogP contribution < -0.4 is 5.32 Å². The summed E-state index contributed by atoms with van der Waals surface area (Å²) in [5, 5.41) is 13.5. The van der Waals surface area contributed by atoms with Crippen molar-refractivity contribution in [2.24, 2.45) is 5.92 Å². The second-order valence-corrected chi connectivity index (χ2v) is 11.3. The average Bonchev–Trinajstić information content (AvgIpc) is 3.42. The lowest BCUT2D eigenvalue weighted by atomic mass is 9.95. The van der Waals surface area contributed by atoms with E-state index in [2.05, 4.69) is 16.4 Å². The minimum Gasteiger partial charge on any atom is -0.480 e. The number of carboxylic acids is 1. The van der Waals surface area contributed by atoms with E-state index >= 15 is 8.78 Å². The molecule has 0 saturated carbocycles. The van der Waals surface area contributed by atoms with Crippen LogP contribution >= 0.6 is 0 Å². The number of anilines is 1. The molecular weight excluding hydrogens is 523 g/mol. The van der Waals surface area contributed by atoms with E-state index in [0.717, 1.165) is 37.0 Å². The number of benzene rings is 1. The van der Waals surface area contributed by atoms with Crippen LogP contribution in [-0.4, -0.2) is 58.9 Å². The normalized spacial score (nSPS) is 23.8. The topological polar surface area (TPSA) is 83.9 Å². The SMILES string of the molecule is CC1COC1OCc1ccc(F)cc1C(C(=O)O)N1CCC[C@@H]1C(F)(F)CCCCc1ccc2c(n1)NCCC2. The summed E-state index contributed by atoms with van der Waals surface area (Å²) in [6, 6.07) is 5.22. The number of alkyl halides is 2. The number of hydrogen-bond acceptors (Lipinski definition) is 6. The molecule has 0 amide bonds.